The van der Waals surface area contributed by atoms with Crippen molar-refractivity contribution in [1.29, 1.82) is 0 Å². The average molecular weight is 359 g/mol. The SMILES string of the molecule is CCCC(C)(CNC(C)C)Cc1ccc(I)cc1. The number of nitrogens with one attached hydrogen (secondary N) is 1. The Labute approximate surface area is 126 Å². The largest absolute Gasteiger partial charge is 0.314 e. The summed E-state index contributed by atoms with van der Waals surface area (Å²) in [4.78, 5) is 0. The summed E-state index contributed by atoms with van der Waals surface area (Å²) in [5, 5.41) is 3.60. The van der Waals surface area contributed by atoms with E-state index in [1.807, 2.05) is 0 Å². The average Bonchev–Trinajstić information content (AvgIpc) is 2.30. The second-order valence-electron chi connectivity index (χ2n) is 5.90. The van der Waals surface area contributed by atoms with Crippen LogP contribution in [0.15, 0.2) is 24.3 Å². The van der Waals surface area contributed by atoms with Crippen LogP contribution in [0.4, 0.5) is 0 Å². The Bertz CT molecular complexity index is 345. The van der Waals surface area contributed by atoms with E-state index in [4.69, 9.17) is 0 Å². The van der Waals surface area contributed by atoms with Crippen LogP contribution in [-0.2, 0) is 6.42 Å². The Morgan fingerprint density at radius 3 is 2.33 bits per heavy atom. The van der Waals surface area contributed by atoms with Crippen molar-refractivity contribution in [1.82, 2.24) is 5.32 Å². The van der Waals surface area contributed by atoms with Gasteiger partial charge in [-0.2, -0.15) is 0 Å². The molecule has 0 heterocycles. The number of benzene rings is 1. The van der Waals surface area contributed by atoms with E-state index < -0.39 is 0 Å². The van der Waals surface area contributed by atoms with Crippen LogP contribution >= 0.6 is 22.6 Å². The maximum Gasteiger partial charge on any atom is 0.0130 e. The molecule has 0 fully saturated rings. The van der Waals surface area contributed by atoms with Crippen LogP contribution in [0.5, 0.6) is 0 Å². The molecule has 0 bridgehead atoms. The van der Waals surface area contributed by atoms with E-state index >= 15 is 0 Å². The Morgan fingerprint density at radius 1 is 1.22 bits per heavy atom. The molecule has 0 aliphatic carbocycles. The van der Waals surface area contributed by atoms with Crippen LogP contribution < -0.4 is 5.32 Å². The van der Waals surface area contributed by atoms with E-state index in [9.17, 15) is 0 Å². The molecule has 1 aromatic rings. The second-order valence-corrected chi connectivity index (χ2v) is 7.15. The first-order valence-corrected chi connectivity index (χ1v) is 8.01. The molecular formula is C16H26IN. The highest BCUT2D eigenvalue weighted by Gasteiger charge is 2.23. The van der Waals surface area contributed by atoms with Gasteiger partial charge in [-0.3, -0.25) is 0 Å². The molecule has 102 valence electrons. The van der Waals surface area contributed by atoms with Crippen molar-refractivity contribution >= 4 is 22.6 Å². The number of hydrogen-bond acceptors (Lipinski definition) is 1. The van der Waals surface area contributed by atoms with Crippen LogP contribution in [0.1, 0.15) is 46.1 Å². The van der Waals surface area contributed by atoms with Gasteiger partial charge in [-0.05, 0) is 58.5 Å². The van der Waals surface area contributed by atoms with Gasteiger partial charge in [-0.25, -0.2) is 0 Å². The molecule has 0 aromatic heterocycles. The fourth-order valence-electron chi connectivity index (χ4n) is 2.39. The van der Waals surface area contributed by atoms with Crippen LogP contribution in [0, 0.1) is 8.99 Å². The Kier molecular flexibility index (Phi) is 6.64. The van der Waals surface area contributed by atoms with Crippen LogP contribution in [-0.4, -0.2) is 12.6 Å². The van der Waals surface area contributed by atoms with Gasteiger partial charge in [0.15, 0.2) is 0 Å². The van der Waals surface area contributed by atoms with Gasteiger partial charge in [0.2, 0.25) is 0 Å². The standard InChI is InChI=1S/C16H26IN/c1-5-10-16(4,12-18-13(2)3)11-14-6-8-15(17)9-7-14/h6-9,13,18H,5,10-12H2,1-4H3. The van der Waals surface area contributed by atoms with Crippen molar-refractivity contribution in [2.45, 2.75) is 53.0 Å². The Hall–Kier alpha value is -0.0900. The summed E-state index contributed by atoms with van der Waals surface area (Å²) in [6.07, 6.45) is 3.69. The predicted octanol–water partition coefficient (Wildman–Crippen LogP) is 4.64. The number of hydrogen-bond donors (Lipinski definition) is 1. The molecule has 0 spiro atoms. The first-order chi connectivity index (χ1) is 8.45. The van der Waals surface area contributed by atoms with Gasteiger partial charge in [0, 0.05) is 16.2 Å². The molecule has 0 aliphatic heterocycles. The molecule has 0 radical (unpaired) electrons. The quantitative estimate of drug-likeness (QED) is 0.700. The summed E-state index contributed by atoms with van der Waals surface area (Å²) >= 11 is 2.36. The van der Waals surface area contributed by atoms with Crippen molar-refractivity contribution in [3.05, 3.63) is 33.4 Å². The van der Waals surface area contributed by atoms with Gasteiger partial charge in [0.25, 0.3) is 0 Å². The van der Waals surface area contributed by atoms with Crippen molar-refractivity contribution in [2.24, 2.45) is 5.41 Å². The van der Waals surface area contributed by atoms with Crippen molar-refractivity contribution < 1.29 is 0 Å². The van der Waals surface area contributed by atoms with E-state index in [0.717, 1.165) is 13.0 Å². The minimum Gasteiger partial charge on any atom is -0.314 e. The third-order valence-corrected chi connectivity index (χ3v) is 4.05. The Morgan fingerprint density at radius 2 is 1.83 bits per heavy atom. The van der Waals surface area contributed by atoms with E-state index in [1.54, 1.807) is 0 Å². The van der Waals surface area contributed by atoms with Crippen LogP contribution in [0.25, 0.3) is 0 Å². The van der Waals surface area contributed by atoms with Crippen molar-refractivity contribution in [3.63, 3.8) is 0 Å². The van der Waals surface area contributed by atoms with E-state index in [1.165, 1.54) is 22.0 Å². The molecule has 0 saturated carbocycles. The Balaban J connectivity index is 2.68. The molecule has 0 aliphatic rings. The lowest BCUT2D eigenvalue weighted by Crippen LogP contribution is -2.37. The molecule has 1 aromatic carbocycles. The molecule has 0 saturated heterocycles. The lowest BCUT2D eigenvalue weighted by molar-refractivity contribution is 0.267. The number of rotatable bonds is 7. The van der Waals surface area contributed by atoms with Gasteiger partial charge in [-0.1, -0.05) is 46.2 Å². The summed E-state index contributed by atoms with van der Waals surface area (Å²) in [6, 6.07) is 9.52. The first-order valence-electron chi connectivity index (χ1n) is 6.93. The maximum atomic E-state index is 3.60. The molecular weight excluding hydrogens is 333 g/mol. The van der Waals surface area contributed by atoms with Gasteiger partial charge in [0.05, 0.1) is 0 Å². The molecule has 0 amide bonds. The molecule has 1 N–H and O–H groups in total. The first kappa shape index (κ1) is 16.0. The summed E-state index contributed by atoms with van der Waals surface area (Å²) in [5.74, 6) is 0. The zero-order valence-electron chi connectivity index (χ0n) is 12.1. The molecule has 2 heteroatoms. The lowest BCUT2D eigenvalue weighted by atomic mass is 9.79. The predicted molar refractivity (Wildman–Crippen MR) is 89.0 cm³/mol. The van der Waals surface area contributed by atoms with E-state index in [2.05, 4.69) is 79.9 Å². The zero-order valence-corrected chi connectivity index (χ0v) is 14.3. The highest BCUT2D eigenvalue weighted by molar-refractivity contribution is 14.1. The molecule has 18 heavy (non-hydrogen) atoms. The number of halogens is 1. The minimum absolute atomic E-state index is 0.367. The van der Waals surface area contributed by atoms with Crippen LogP contribution in [0.3, 0.4) is 0 Å². The molecule has 1 nitrogen and oxygen atoms in total. The van der Waals surface area contributed by atoms with E-state index in [0.29, 0.717) is 11.5 Å². The fraction of sp³-hybridized carbons (Fsp3) is 0.625. The van der Waals surface area contributed by atoms with Gasteiger partial charge < -0.3 is 5.32 Å². The topological polar surface area (TPSA) is 12.0 Å². The lowest BCUT2D eigenvalue weighted by Gasteiger charge is -2.31. The molecule has 1 rings (SSSR count). The van der Waals surface area contributed by atoms with Crippen LogP contribution in [0.2, 0.25) is 0 Å². The maximum absolute atomic E-state index is 3.60. The monoisotopic (exact) mass is 359 g/mol. The summed E-state index contributed by atoms with van der Waals surface area (Å²) in [7, 11) is 0. The van der Waals surface area contributed by atoms with E-state index in [-0.39, 0.29) is 0 Å². The third-order valence-electron chi connectivity index (χ3n) is 3.33. The van der Waals surface area contributed by atoms with Crippen molar-refractivity contribution in [3.8, 4) is 0 Å². The summed E-state index contributed by atoms with van der Waals surface area (Å²) in [5.41, 5.74) is 1.82. The van der Waals surface area contributed by atoms with Crippen molar-refractivity contribution in [2.75, 3.05) is 6.54 Å². The van der Waals surface area contributed by atoms with Gasteiger partial charge in [-0.15, -0.1) is 0 Å². The fourth-order valence-corrected chi connectivity index (χ4v) is 2.75. The highest BCUT2D eigenvalue weighted by atomic mass is 127. The van der Waals surface area contributed by atoms with Gasteiger partial charge in [0.1, 0.15) is 0 Å². The highest BCUT2D eigenvalue weighted by Crippen LogP contribution is 2.28. The minimum atomic E-state index is 0.367. The molecule has 1 unspecified atom stereocenters. The summed E-state index contributed by atoms with van der Waals surface area (Å²) in [6.45, 7) is 10.2. The third kappa shape index (κ3) is 5.70. The smallest absolute Gasteiger partial charge is 0.0130 e. The zero-order chi connectivity index (χ0) is 13.6. The normalized spacial score (nSPS) is 14.8. The summed E-state index contributed by atoms with van der Waals surface area (Å²) < 4.78 is 1.31. The molecule has 1 atom stereocenters. The van der Waals surface area contributed by atoms with Gasteiger partial charge >= 0.3 is 0 Å². The second kappa shape index (κ2) is 7.49.